The van der Waals surface area contributed by atoms with Crippen molar-refractivity contribution >= 4 is 17.7 Å². The Morgan fingerprint density at radius 1 is 1.03 bits per heavy atom. The number of piperidine rings is 1. The minimum atomic E-state index is -0.337. The quantitative estimate of drug-likeness (QED) is 0.630. The molecule has 1 aliphatic heterocycles. The maximum absolute atomic E-state index is 13.0. The highest BCUT2D eigenvalue weighted by Crippen LogP contribution is 2.18. The van der Waals surface area contributed by atoms with Crippen molar-refractivity contribution in [2.24, 2.45) is 5.92 Å². The molecule has 0 bridgehead atoms. The van der Waals surface area contributed by atoms with Crippen LogP contribution in [0.25, 0.3) is 0 Å². The number of anilines is 1. The summed E-state index contributed by atoms with van der Waals surface area (Å²) in [5, 5.41) is 8.58. The number of ether oxygens (including phenoxy) is 1. The molecule has 166 valence electrons. The maximum atomic E-state index is 13.0. The molecule has 31 heavy (non-hydrogen) atoms. The summed E-state index contributed by atoms with van der Waals surface area (Å²) in [7, 11) is 1.63. The van der Waals surface area contributed by atoms with Crippen molar-refractivity contribution in [1.82, 2.24) is 15.5 Å². The normalized spacial score (nSPS) is 14.1. The largest absolute Gasteiger partial charge is 0.497 e. The lowest BCUT2D eigenvalue weighted by Crippen LogP contribution is -2.45. The smallest absolute Gasteiger partial charge is 0.321 e. The van der Waals surface area contributed by atoms with Gasteiger partial charge in [-0.25, -0.2) is 14.0 Å². The third kappa shape index (κ3) is 7.16. The summed E-state index contributed by atoms with van der Waals surface area (Å²) in [5.74, 6) is 0.812. The zero-order chi connectivity index (χ0) is 22.1. The Labute approximate surface area is 182 Å². The van der Waals surface area contributed by atoms with E-state index in [1.54, 1.807) is 12.0 Å². The first-order valence-corrected chi connectivity index (χ1v) is 10.5. The predicted octanol–water partition coefficient (Wildman–Crippen LogP) is 3.62. The Bertz CT molecular complexity index is 850. The summed E-state index contributed by atoms with van der Waals surface area (Å²) in [6, 6.07) is 13.1. The van der Waals surface area contributed by atoms with Gasteiger partial charge in [0.15, 0.2) is 0 Å². The zero-order valence-corrected chi connectivity index (χ0v) is 17.7. The van der Waals surface area contributed by atoms with E-state index in [-0.39, 0.29) is 17.9 Å². The van der Waals surface area contributed by atoms with Gasteiger partial charge in [-0.15, -0.1) is 0 Å². The number of likely N-dealkylation sites (tertiary alicyclic amines) is 1. The van der Waals surface area contributed by atoms with Crippen molar-refractivity contribution in [2.45, 2.75) is 19.3 Å². The molecule has 4 amide bonds. The molecule has 1 heterocycles. The van der Waals surface area contributed by atoms with Gasteiger partial charge in [-0.3, -0.25) is 0 Å². The number of halogens is 1. The summed E-state index contributed by atoms with van der Waals surface area (Å²) < 4.78 is 18.1. The van der Waals surface area contributed by atoms with Gasteiger partial charge in [-0.2, -0.15) is 0 Å². The molecule has 1 fully saturated rings. The van der Waals surface area contributed by atoms with E-state index in [9.17, 15) is 14.0 Å². The number of hydrogen-bond donors (Lipinski definition) is 3. The van der Waals surface area contributed by atoms with Crippen LogP contribution in [0, 0.1) is 11.7 Å². The number of amides is 4. The molecule has 0 unspecified atom stereocenters. The molecule has 7 nitrogen and oxygen atoms in total. The van der Waals surface area contributed by atoms with Gasteiger partial charge in [0.1, 0.15) is 11.6 Å². The maximum Gasteiger partial charge on any atom is 0.321 e. The Hall–Kier alpha value is -3.29. The van der Waals surface area contributed by atoms with Gasteiger partial charge in [0.2, 0.25) is 0 Å². The second-order valence-corrected chi connectivity index (χ2v) is 7.60. The SMILES string of the molecule is COc1ccc(CCNC(=O)NCC2CCN(C(=O)Nc3ccc(F)cc3)CC2)cc1. The monoisotopic (exact) mass is 428 g/mol. The number of urea groups is 2. The Balaban J connectivity index is 1.29. The summed E-state index contributed by atoms with van der Waals surface area (Å²) in [5.41, 5.74) is 1.70. The van der Waals surface area contributed by atoms with Crippen LogP contribution in [0.15, 0.2) is 48.5 Å². The number of methoxy groups -OCH3 is 1. The zero-order valence-electron chi connectivity index (χ0n) is 17.7. The molecule has 1 saturated heterocycles. The summed E-state index contributed by atoms with van der Waals surface area (Å²) in [6.45, 7) is 2.39. The molecule has 3 N–H and O–H groups in total. The molecular formula is C23H29FN4O3. The van der Waals surface area contributed by atoms with Gasteiger partial charge in [-0.1, -0.05) is 12.1 Å². The van der Waals surface area contributed by atoms with E-state index < -0.39 is 0 Å². The van der Waals surface area contributed by atoms with E-state index >= 15 is 0 Å². The average molecular weight is 429 g/mol. The molecule has 0 radical (unpaired) electrons. The van der Waals surface area contributed by atoms with Gasteiger partial charge in [0.25, 0.3) is 0 Å². The first kappa shape index (κ1) is 22.4. The van der Waals surface area contributed by atoms with Crippen LogP contribution in [0.2, 0.25) is 0 Å². The molecule has 0 aliphatic carbocycles. The van der Waals surface area contributed by atoms with Crippen LogP contribution >= 0.6 is 0 Å². The number of nitrogens with zero attached hydrogens (tertiary/aromatic N) is 1. The molecular weight excluding hydrogens is 399 g/mol. The van der Waals surface area contributed by atoms with E-state index in [1.807, 2.05) is 24.3 Å². The van der Waals surface area contributed by atoms with E-state index in [0.29, 0.717) is 37.8 Å². The summed E-state index contributed by atoms with van der Waals surface area (Å²) in [4.78, 5) is 26.1. The van der Waals surface area contributed by atoms with Gasteiger partial charge in [0, 0.05) is 31.9 Å². The van der Waals surface area contributed by atoms with Crippen molar-refractivity contribution in [3.8, 4) is 5.75 Å². The number of hydrogen-bond acceptors (Lipinski definition) is 3. The lowest BCUT2D eigenvalue weighted by molar-refractivity contribution is 0.181. The minimum absolute atomic E-state index is 0.176. The van der Waals surface area contributed by atoms with Crippen LogP contribution in [0.3, 0.4) is 0 Å². The van der Waals surface area contributed by atoms with Crippen LogP contribution in [-0.2, 0) is 6.42 Å². The number of carbonyl (C=O) groups excluding carboxylic acids is 2. The number of carbonyl (C=O) groups is 2. The molecule has 1 aliphatic rings. The fourth-order valence-corrected chi connectivity index (χ4v) is 3.49. The number of benzene rings is 2. The molecule has 0 aromatic heterocycles. The highest BCUT2D eigenvalue weighted by atomic mass is 19.1. The van der Waals surface area contributed by atoms with Crippen molar-refractivity contribution in [2.75, 3.05) is 38.6 Å². The molecule has 0 atom stereocenters. The van der Waals surface area contributed by atoms with Crippen LogP contribution < -0.4 is 20.7 Å². The Kier molecular flexibility index (Phi) is 8.09. The van der Waals surface area contributed by atoms with Crippen LogP contribution in [-0.4, -0.2) is 50.3 Å². The third-order valence-corrected chi connectivity index (χ3v) is 5.41. The van der Waals surface area contributed by atoms with Crippen LogP contribution in [0.5, 0.6) is 5.75 Å². The van der Waals surface area contributed by atoms with Crippen LogP contribution in [0.4, 0.5) is 19.7 Å². The lowest BCUT2D eigenvalue weighted by Gasteiger charge is -2.32. The van der Waals surface area contributed by atoms with Crippen molar-refractivity contribution in [1.29, 1.82) is 0 Å². The fraction of sp³-hybridized carbons (Fsp3) is 0.391. The first-order valence-electron chi connectivity index (χ1n) is 10.5. The van der Waals surface area contributed by atoms with Gasteiger partial charge in [0.05, 0.1) is 7.11 Å². The number of rotatable bonds is 7. The van der Waals surface area contributed by atoms with Gasteiger partial charge < -0.3 is 25.6 Å². The van der Waals surface area contributed by atoms with Gasteiger partial charge in [-0.05, 0) is 67.1 Å². The Morgan fingerprint density at radius 3 is 2.35 bits per heavy atom. The number of nitrogens with one attached hydrogen (secondary N) is 3. The average Bonchev–Trinajstić information content (AvgIpc) is 2.80. The van der Waals surface area contributed by atoms with Crippen molar-refractivity contribution in [3.05, 3.63) is 59.9 Å². The lowest BCUT2D eigenvalue weighted by atomic mass is 9.97. The molecule has 8 heteroatoms. The molecule has 3 rings (SSSR count). The minimum Gasteiger partial charge on any atom is -0.497 e. The third-order valence-electron chi connectivity index (χ3n) is 5.41. The van der Waals surface area contributed by atoms with Crippen LogP contribution in [0.1, 0.15) is 18.4 Å². The topological polar surface area (TPSA) is 82.7 Å². The van der Waals surface area contributed by atoms with Crippen molar-refractivity contribution < 1.29 is 18.7 Å². The van der Waals surface area contributed by atoms with E-state index in [2.05, 4.69) is 16.0 Å². The summed E-state index contributed by atoms with van der Waals surface area (Å²) in [6.07, 6.45) is 2.39. The van der Waals surface area contributed by atoms with E-state index in [0.717, 1.165) is 30.6 Å². The second kappa shape index (κ2) is 11.2. The predicted molar refractivity (Wildman–Crippen MR) is 118 cm³/mol. The van der Waals surface area contributed by atoms with E-state index in [1.165, 1.54) is 24.3 Å². The molecule has 0 spiro atoms. The first-order chi connectivity index (χ1) is 15.0. The molecule has 0 saturated carbocycles. The standard InChI is InChI=1S/C23H29FN4O3/c1-31-21-8-2-17(3-9-21)10-13-25-22(29)26-16-18-11-14-28(15-12-18)23(30)27-20-6-4-19(24)5-7-20/h2-9,18H,10-16H2,1H3,(H,27,30)(H2,25,26,29). The highest BCUT2D eigenvalue weighted by molar-refractivity contribution is 5.89. The summed E-state index contributed by atoms with van der Waals surface area (Å²) >= 11 is 0. The fourth-order valence-electron chi connectivity index (χ4n) is 3.49. The van der Waals surface area contributed by atoms with E-state index in [4.69, 9.17) is 4.74 Å². The van der Waals surface area contributed by atoms with Gasteiger partial charge >= 0.3 is 12.1 Å². The molecule has 2 aromatic carbocycles. The highest BCUT2D eigenvalue weighted by Gasteiger charge is 2.23. The van der Waals surface area contributed by atoms with Crippen molar-refractivity contribution in [3.63, 3.8) is 0 Å². The Morgan fingerprint density at radius 2 is 1.71 bits per heavy atom. The second-order valence-electron chi connectivity index (χ2n) is 7.60. The molecule has 2 aromatic rings.